The Balaban J connectivity index is 0.00000171. The van der Waals surface area contributed by atoms with Gasteiger partial charge in [0.2, 0.25) is 0 Å². The SMILES string of the molecule is O=S(=O)(O)c1cc2ccccc2cc1Cc1cc2ccccc2cc1S(=O)(=O)O.[K].[K]. The Bertz CT molecular complexity index is 1370. The predicted molar refractivity (Wildman–Crippen MR) is 122 cm³/mol. The third kappa shape index (κ3) is 6.34. The van der Waals surface area contributed by atoms with E-state index in [-0.39, 0.29) is 130 Å². The Kier molecular flexibility index (Phi) is 9.69. The van der Waals surface area contributed by atoms with Gasteiger partial charge in [-0.3, -0.25) is 9.11 Å². The van der Waals surface area contributed by atoms with Crippen LogP contribution in [-0.2, 0) is 26.7 Å². The molecule has 0 spiro atoms. The zero-order valence-corrected chi connectivity index (χ0v) is 24.9. The van der Waals surface area contributed by atoms with Crippen LogP contribution >= 0.6 is 0 Å². The van der Waals surface area contributed by atoms with E-state index in [2.05, 4.69) is 0 Å². The minimum Gasteiger partial charge on any atom is -0.282 e. The summed E-state index contributed by atoms with van der Waals surface area (Å²) in [5.74, 6) is 0. The molecule has 31 heavy (non-hydrogen) atoms. The summed E-state index contributed by atoms with van der Waals surface area (Å²) in [6.07, 6.45) is -0.111. The summed E-state index contributed by atoms with van der Waals surface area (Å²) in [6.45, 7) is 0. The zero-order chi connectivity index (χ0) is 20.8. The van der Waals surface area contributed by atoms with Gasteiger partial charge >= 0.3 is 0 Å². The summed E-state index contributed by atoms with van der Waals surface area (Å²) in [6, 6.07) is 20.0. The predicted octanol–water partition coefficient (Wildman–Crippen LogP) is 3.32. The van der Waals surface area contributed by atoms with Crippen molar-refractivity contribution >= 4 is 145 Å². The van der Waals surface area contributed by atoms with Crippen molar-refractivity contribution < 1.29 is 25.9 Å². The average molecular weight is 507 g/mol. The number of hydrogen-bond donors (Lipinski definition) is 2. The first-order valence-electron chi connectivity index (χ1n) is 8.61. The van der Waals surface area contributed by atoms with Gasteiger partial charge in [-0.2, -0.15) is 16.8 Å². The van der Waals surface area contributed by atoms with Crippen LogP contribution in [0, 0.1) is 0 Å². The monoisotopic (exact) mass is 506 g/mol. The van der Waals surface area contributed by atoms with Gasteiger partial charge in [0.1, 0.15) is 0 Å². The van der Waals surface area contributed by atoms with Crippen LogP contribution in [-0.4, -0.2) is 129 Å². The van der Waals surface area contributed by atoms with Gasteiger partial charge in [-0.1, -0.05) is 48.5 Å². The van der Waals surface area contributed by atoms with E-state index in [1.165, 1.54) is 12.1 Å². The molecule has 0 unspecified atom stereocenters. The second-order valence-corrected chi connectivity index (χ2v) is 9.52. The first-order chi connectivity index (χ1) is 13.6. The fourth-order valence-electron chi connectivity index (χ4n) is 3.49. The molecule has 0 saturated carbocycles. The molecule has 4 rings (SSSR count). The number of benzene rings is 4. The Morgan fingerprint density at radius 3 is 1.13 bits per heavy atom. The molecule has 0 bridgehead atoms. The van der Waals surface area contributed by atoms with Gasteiger partial charge in [-0.25, -0.2) is 0 Å². The van der Waals surface area contributed by atoms with Crippen molar-refractivity contribution in [3.8, 4) is 0 Å². The van der Waals surface area contributed by atoms with Gasteiger partial charge in [0, 0.05) is 109 Å². The smallest absolute Gasteiger partial charge is 0.282 e. The molecule has 0 aliphatic rings. The van der Waals surface area contributed by atoms with Crippen molar-refractivity contribution in [1.82, 2.24) is 0 Å². The van der Waals surface area contributed by atoms with Crippen molar-refractivity contribution in [3.05, 3.63) is 83.9 Å². The largest absolute Gasteiger partial charge is 0.294 e. The standard InChI is InChI=1S/C21H16O6S2.2K/c22-28(23,24)20-12-16-7-3-1-5-14(16)9-18(20)11-19-10-15-6-2-4-8-17(15)13-21(19)29(25,26)27;;/h1-10,12-13H,11H2,(H,22,23,24)(H,25,26,27);;. The molecule has 10 heteroatoms. The van der Waals surface area contributed by atoms with E-state index in [0.717, 1.165) is 10.8 Å². The van der Waals surface area contributed by atoms with Gasteiger partial charge in [-0.15, -0.1) is 0 Å². The quantitative estimate of drug-likeness (QED) is 0.325. The van der Waals surface area contributed by atoms with Crippen LogP contribution in [0.15, 0.2) is 82.6 Å². The summed E-state index contributed by atoms with van der Waals surface area (Å²) >= 11 is 0. The number of hydrogen-bond acceptors (Lipinski definition) is 4. The van der Waals surface area contributed by atoms with Crippen molar-refractivity contribution in [2.75, 3.05) is 0 Å². The van der Waals surface area contributed by atoms with Crippen LogP contribution in [0.5, 0.6) is 0 Å². The summed E-state index contributed by atoms with van der Waals surface area (Å²) in [7, 11) is -9.10. The van der Waals surface area contributed by atoms with E-state index in [0.29, 0.717) is 10.8 Å². The van der Waals surface area contributed by atoms with Gasteiger partial charge in [0.15, 0.2) is 0 Å². The molecule has 150 valence electrons. The summed E-state index contributed by atoms with van der Waals surface area (Å²) < 4.78 is 67.3. The van der Waals surface area contributed by atoms with Crippen molar-refractivity contribution in [3.63, 3.8) is 0 Å². The minimum absolute atomic E-state index is 0. The molecule has 6 nitrogen and oxygen atoms in total. The molecular weight excluding hydrogens is 491 g/mol. The maximum atomic E-state index is 12.0. The first kappa shape index (κ1) is 27.7. The summed E-state index contributed by atoms with van der Waals surface area (Å²) in [4.78, 5) is -0.601. The molecule has 0 atom stereocenters. The molecule has 0 aromatic heterocycles. The van der Waals surface area contributed by atoms with Gasteiger partial charge < -0.3 is 0 Å². The van der Waals surface area contributed by atoms with E-state index < -0.39 is 20.2 Å². The van der Waals surface area contributed by atoms with Gasteiger partial charge in [0.25, 0.3) is 20.2 Å². The summed E-state index contributed by atoms with van der Waals surface area (Å²) in [5, 5.41) is 2.72. The second kappa shape index (κ2) is 10.8. The average Bonchev–Trinajstić information content (AvgIpc) is 2.65. The fourth-order valence-corrected chi connectivity index (χ4v) is 4.97. The van der Waals surface area contributed by atoms with Gasteiger partial charge in [-0.05, 0) is 56.9 Å². The van der Waals surface area contributed by atoms with Crippen LogP contribution in [0.3, 0.4) is 0 Å². The maximum absolute atomic E-state index is 12.0. The Hall–Kier alpha value is 0.493. The molecule has 2 N–H and O–H groups in total. The maximum Gasteiger partial charge on any atom is 0.294 e. The fraction of sp³-hybridized carbons (Fsp3) is 0.0476. The van der Waals surface area contributed by atoms with Crippen LogP contribution < -0.4 is 0 Å². The Morgan fingerprint density at radius 2 is 0.839 bits per heavy atom. The molecule has 0 heterocycles. The van der Waals surface area contributed by atoms with Crippen LogP contribution in [0.2, 0.25) is 0 Å². The molecule has 4 aromatic rings. The van der Waals surface area contributed by atoms with E-state index in [1.54, 1.807) is 60.7 Å². The summed E-state index contributed by atoms with van der Waals surface area (Å²) in [5.41, 5.74) is 0.456. The molecule has 0 fully saturated rings. The third-order valence-corrected chi connectivity index (χ3v) is 6.67. The number of fused-ring (bicyclic) bond motifs is 2. The first-order valence-corrected chi connectivity index (χ1v) is 11.5. The molecule has 0 saturated heterocycles. The molecule has 4 aromatic carbocycles. The van der Waals surface area contributed by atoms with Crippen LogP contribution in [0.25, 0.3) is 21.5 Å². The van der Waals surface area contributed by atoms with E-state index in [9.17, 15) is 25.9 Å². The van der Waals surface area contributed by atoms with Crippen LogP contribution in [0.4, 0.5) is 0 Å². The molecular formula is C21H16K2O6S2. The molecule has 0 aliphatic carbocycles. The Labute approximate surface area is 265 Å². The van der Waals surface area contributed by atoms with E-state index in [1.807, 2.05) is 0 Å². The van der Waals surface area contributed by atoms with Crippen molar-refractivity contribution in [2.24, 2.45) is 0 Å². The van der Waals surface area contributed by atoms with Crippen LogP contribution in [0.1, 0.15) is 11.1 Å². The van der Waals surface area contributed by atoms with E-state index in [4.69, 9.17) is 0 Å². The molecule has 0 aliphatic heterocycles. The topological polar surface area (TPSA) is 109 Å². The zero-order valence-electron chi connectivity index (χ0n) is 17.0. The van der Waals surface area contributed by atoms with Crippen molar-refractivity contribution in [2.45, 2.75) is 16.2 Å². The number of rotatable bonds is 4. The molecule has 2 radical (unpaired) electrons. The van der Waals surface area contributed by atoms with Gasteiger partial charge in [0.05, 0.1) is 9.79 Å². The third-order valence-electron chi connectivity index (χ3n) is 4.79. The Morgan fingerprint density at radius 1 is 0.548 bits per heavy atom. The normalized spacial score (nSPS) is 11.7. The minimum atomic E-state index is -4.55. The second-order valence-electron chi connectivity index (χ2n) is 6.74. The van der Waals surface area contributed by atoms with Crippen molar-refractivity contribution in [1.29, 1.82) is 0 Å². The van der Waals surface area contributed by atoms with E-state index >= 15 is 0 Å². The molecule has 0 amide bonds.